The molecule has 0 heterocycles. The Bertz CT molecular complexity index is 1680. The van der Waals surface area contributed by atoms with Crippen LogP contribution in [0, 0.1) is 0 Å². The fraction of sp³-hybridized carbons (Fsp3) is 0.662. The molecule has 0 radical (unpaired) electrons. The highest BCUT2D eigenvalue weighted by atomic mass is 31.2. The average molecular weight is 1070 g/mol. The number of hydrogen-bond donors (Lipinski definition) is 1. The van der Waals surface area contributed by atoms with Crippen LogP contribution in [0.5, 0.6) is 0 Å². The van der Waals surface area contributed by atoms with Crippen molar-refractivity contribution < 1.29 is 42.1 Å². The van der Waals surface area contributed by atoms with Crippen molar-refractivity contribution in [2.45, 2.75) is 232 Å². The Morgan fingerprint density at radius 3 is 1.13 bits per heavy atom. The SMILES string of the molecule is CC/C=C\C/C=C\C/C=C\C/C=C\C/C=C\C/C=C\C/C=C\C/C=C\CCCCCCCCCCCCCCC(=O)OC(COC(=O)CCCCCCC/C=C\C/C=C\CCCC)COP(=O)(O)OCC[N+](C)(C)C. The summed E-state index contributed by atoms with van der Waals surface area (Å²) in [5, 5.41) is 0. The molecule has 0 fully saturated rings. The number of phosphoric acid groups is 1. The molecule has 10 heteroatoms. The van der Waals surface area contributed by atoms with E-state index in [0.29, 0.717) is 17.4 Å². The van der Waals surface area contributed by atoms with Crippen LogP contribution >= 0.6 is 7.82 Å². The Labute approximate surface area is 460 Å². The lowest BCUT2D eigenvalue weighted by atomic mass is 10.0. The van der Waals surface area contributed by atoms with E-state index >= 15 is 0 Å². The van der Waals surface area contributed by atoms with Gasteiger partial charge in [-0.2, -0.15) is 0 Å². The third kappa shape index (κ3) is 59.5. The van der Waals surface area contributed by atoms with Crippen molar-refractivity contribution in [2.75, 3.05) is 47.5 Å². The van der Waals surface area contributed by atoms with Gasteiger partial charge in [-0.25, -0.2) is 4.57 Å². The van der Waals surface area contributed by atoms with Gasteiger partial charge in [0.25, 0.3) is 0 Å². The van der Waals surface area contributed by atoms with E-state index in [1.54, 1.807) is 0 Å². The van der Waals surface area contributed by atoms with E-state index in [1.165, 1.54) is 70.6 Å². The standard InChI is InChI=1S/C65H110NO8P/c1-6-8-10-12-14-16-18-20-22-23-24-25-26-27-28-29-30-31-32-33-34-35-36-37-38-39-40-41-42-43-44-46-48-50-52-54-56-58-65(68)74-63(62-73-75(69,70)72-60-59-66(3,4)5)61-71-64(67)57-55-53-51-49-47-45-21-19-17-15-13-11-9-7-2/h8,10,13-16,19-22,24-25,27-28,30-31,33-34,36-37,63H,6-7,9,11-12,17-18,23,26,29,32,35,38-62H2,1-5H3/p+1/b10-8-,15-13-,16-14-,21-19-,22-20-,25-24-,28-27-,31-30-,34-33-,37-36-. The lowest BCUT2D eigenvalue weighted by Crippen LogP contribution is -2.37. The zero-order valence-corrected chi connectivity index (χ0v) is 49.4. The highest BCUT2D eigenvalue weighted by molar-refractivity contribution is 7.47. The number of likely N-dealkylation sites (N-methyl/N-ethyl adjacent to an activating group) is 1. The summed E-state index contributed by atoms with van der Waals surface area (Å²) in [4.78, 5) is 35.6. The topological polar surface area (TPSA) is 108 Å². The summed E-state index contributed by atoms with van der Waals surface area (Å²) >= 11 is 0. The quantitative estimate of drug-likeness (QED) is 0.0211. The van der Waals surface area contributed by atoms with Gasteiger partial charge in [-0.15, -0.1) is 0 Å². The van der Waals surface area contributed by atoms with Crippen LogP contribution in [-0.4, -0.2) is 74.9 Å². The molecule has 0 rings (SSSR count). The van der Waals surface area contributed by atoms with Crippen LogP contribution < -0.4 is 0 Å². The predicted molar refractivity (Wildman–Crippen MR) is 321 cm³/mol. The van der Waals surface area contributed by atoms with Crippen LogP contribution in [0.4, 0.5) is 0 Å². The summed E-state index contributed by atoms with van der Waals surface area (Å²) in [6.07, 6.45) is 78.5. The van der Waals surface area contributed by atoms with Gasteiger partial charge in [0.15, 0.2) is 6.10 Å². The van der Waals surface area contributed by atoms with Crippen LogP contribution in [0.25, 0.3) is 0 Å². The van der Waals surface area contributed by atoms with Crippen molar-refractivity contribution in [1.29, 1.82) is 0 Å². The fourth-order valence-electron chi connectivity index (χ4n) is 7.64. The van der Waals surface area contributed by atoms with Crippen molar-refractivity contribution in [2.24, 2.45) is 0 Å². The van der Waals surface area contributed by atoms with E-state index in [4.69, 9.17) is 18.5 Å². The molecule has 0 amide bonds. The van der Waals surface area contributed by atoms with Gasteiger partial charge in [0.2, 0.25) is 0 Å². The highest BCUT2D eigenvalue weighted by Gasteiger charge is 2.27. The van der Waals surface area contributed by atoms with Gasteiger partial charge < -0.3 is 18.9 Å². The molecular weight excluding hydrogens is 954 g/mol. The first-order valence-corrected chi connectivity index (χ1v) is 31.3. The number of allylic oxidation sites excluding steroid dienone is 20. The Morgan fingerprint density at radius 2 is 0.760 bits per heavy atom. The molecule has 0 aliphatic carbocycles. The summed E-state index contributed by atoms with van der Waals surface area (Å²) in [6, 6.07) is 0. The largest absolute Gasteiger partial charge is 0.472 e. The minimum absolute atomic E-state index is 0.0238. The maximum Gasteiger partial charge on any atom is 0.472 e. The fourth-order valence-corrected chi connectivity index (χ4v) is 8.38. The molecule has 75 heavy (non-hydrogen) atoms. The molecule has 2 atom stereocenters. The molecule has 0 saturated heterocycles. The van der Waals surface area contributed by atoms with Crippen LogP contribution in [0.15, 0.2) is 122 Å². The van der Waals surface area contributed by atoms with Gasteiger partial charge in [-0.05, 0) is 103 Å². The lowest BCUT2D eigenvalue weighted by molar-refractivity contribution is -0.870. The summed E-state index contributed by atoms with van der Waals surface area (Å²) in [5.41, 5.74) is 0. The molecular formula is C65H111NO8P+. The Balaban J connectivity index is 4.09. The summed E-state index contributed by atoms with van der Waals surface area (Å²) in [7, 11) is 1.45. The maximum atomic E-state index is 12.8. The number of hydrogen-bond acceptors (Lipinski definition) is 7. The molecule has 2 unspecified atom stereocenters. The number of phosphoric ester groups is 1. The van der Waals surface area contributed by atoms with Crippen LogP contribution in [0.2, 0.25) is 0 Å². The van der Waals surface area contributed by atoms with Crippen molar-refractivity contribution in [3.05, 3.63) is 122 Å². The smallest absolute Gasteiger partial charge is 0.462 e. The van der Waals surface area contributed by atoms with Gasteiger partial charge in [-0.3, -0.25) is 18.6 Å². The Hall–Kier alpha value is -3.59. The molecule has 9 nitrogen and oxygen atoms in total. The van der Waals surface area contributed by atoms with E-state index in [9.17, 15) is 19.0 Å². The number of unbranched alkanes of at least 4 members (excludes halogenated alkanes) is 19. The molecule has 0 bridgehead atoms. The van der Waals surface area contributed by atoms with Gasteiger partial charge >= 0.3 is 19.8 Å². The van der Waals surface area contributed by atoms with Crippen LogP contribution in [0.3, 0.4) is 0 Å². The molecule has 0 aliphatic heterocycles. The molecule has 0 spiro atoms. The van der Waals surface area contributed by atoms with Gasteiger partial charge in [-0.1, -0.05) is 232 Å². The maximum absolute atomic E-state index is 12.8. The first kappa shape index (κ1) is 71.4. The molecule has 1 N–H and O–H groups in total. The molecule has 0 aromatic heterocycles. The minimum Gasteiger partial charge on any atom is -0.462 e. The van der Waals surface area contributed by atoms with Crippen molar-refractivity contribution in [3.63, 3.8) is 0 Å². The monoisotopic (exact) mass is 1060 g/mol. The molecule has 0 aromatic rings. The summed E-state index contributed by atoms with van der Waals surface area (Å²) < 4.78 is 34.5. The first-order valence-electron chi connectivity index (χ1n) is 29.8. The number of quaternary nitrogens is 1. The van der Waals surface area contributed by atoms with E-state index in [2.05, 4.69) is 135 Å². The van der Waals surface area contributed by atoms with Crippen LogP contribution in [-0.2, 0) is 32.7 Å². The number of rotatable bonds is 53. The number of carbonyl (C=O) groups is 2. The van der Waals surface area contributed by atoms with Crippen LogP contribution in [0.1, 0.15) is 226 Å². The van der Waals surface area contributed by atoms with Gasteiger partial charge in [0.05, 0.1) is 27.7 Å². The second-order valence-corrected chi connectivity index (χ2v) is 22.1. The first-order chi connectivity index (χ1) is 36.5. The number of carbonyl (C=O) groups excluding carboxylic acids is 2. The Morgan fingerprint density at radius 1 is 0.427 bits per heavy atom. The normalized spacial score (nSPS) is 14.2. The molecule has 0 aliphatic rings. The summed E-state index contributed by atoms with van der Waals surface area (Å²) in [6.45, 7) is 4.25. The highest BCUT2D eigenvalue weighted by Crippen LogP contribution is 2.43. The molecule has 0 aromatic carbocycles. The number of esters is 2. The molecule has 428 valence electrons. The van der Waals surface area contributed by atoms with E-state index in [0.717, 1.165) is 122 Å². The predicted octanol–water partition coefficient (Wildman–Crippen LogP) is 18.8. The van der Waals surface area contributed by atoms with Crippen molar-refractivity contribution in [1.82, 2.24) is 0 Å². The second-order valence-electron chi connectivity index (χ2n) is 20.6. The van der Waals surface area contributed by atoms with Gasteiger partial charge in [0, 0.05) is 12.8 Å². The lowest BCUT2D eigenvalue weighted by Gasteiger charge is -2.24. The third-order valence-corrected chi connectivity index (χ3v) is 13.2. The van der Waals surface area contributed by atoms with E-state index in [1.807, 2.05) is 21.1 Å². The second kappa shape index (κ2) is 55.2. The van der Waals surface area contributed by atoms with E-state index in [-0.39, 0.29) is 32.0 Å². The van der Waals surface area contributed by atoms with E-state index < -0.39 is 26.5 Å². The zero-order chi connectivity index (χ0) is 54.9. The van der Waals surface area contributed by atoms with Gasteiger partial charge in [0.1, 0.15) is 19.8 Å². The zero-order valence-electron chi connectivity index (χ0n) is 48.5. The van der Waals surface area contributed by atoms with Crippen molar-refractivity contribution >= 4 is 19.8 Å². The minimum atomic E-state index is -4.39. The Kier molecular flexibility index (Phi) is 52.5. The number of nitrogens with zero attached hydrogens (tertiary/aromatic N) is 1. The third-order valence-electron chi connectivity index (χ3n) is 12.2. The number of ether oxygens (including phenoxy) is 2. The average Bonchev–Trinajstić information content (AvgIpc) is 3.37. The summed E-state index contributed by atoms with van der Waals surface area (Å²) in [5.74, 6) is -0.822. The molecule has 0 saturated carbocycles. The van der Waals surface area contributed by atoms with Crippen molar-refractivity contribution in [3.8, 4) is 0 Å².